The second kappa shape index (κ2) is 6.06. The Morgan fingerprint density at radius 2 is 2.26 bits per heavy atom. The largest absolute Gasteiger partial charge is 0.508 e. The Balaban J connectivity index is 2.06. The molecular formula is C15H21NO3. The summed E-state index contributed by atoms with van der Waals surface area (Å²) in [4.78, 5) is 14.1. The highest BCUT2D eigenvalue weighted by Crippen LogP contribution is 2.24. The lowest BCUT2D eigenvalue weighted by Gasteiger charge is -2.39. The van der Waals surface area contributed by atoms with Crippen LogP contribution in [0.1, 0.15) is 25.3 Å². The number of carbonyl (C=O) groups excluding carboxylic acids is 1. The van der Waals surface area contributed by atoms with E-state index in [4.69, 9.17) is 0 Å². The Labute approximate surface area is 113 Å². The topological polar surface area (TPSA) is 60.8 Å². The zero-order valence-corrected chi connectivity index (χ0v) is 11.2. The smallest absolute Gasteiger partial charge is 0.227 e. The summed E-state index contributed by atoms with van der Waals surface area (Å²) in [5.41, 5.74) is 0.805. The van der Waals surface area contributed by atoms with Crippen LogP contribution in [0.2, 0.25) is 0 Å². The third-order valence-corrected chi connectivity index (χ3v) is 3.89. The summed E-state index contributed by atoms with van der Waals surface area (Å²) < 4.78 is 0. The average Bonchev–Trinajstić information content (AvgIpc) is 2.38. The lowest BCUT2D eigenvalue weighted by molar-refractivity contribution is -0.136. The quantitative estimate of drug-likeness (QED) is 0.870. The van der Waals surface area contributed by atoms with E-state index < -0.39 is 0 Å². The minimum atomic E-state index is -0.0708. The second-order valence-corrected chi connectivity index (χ2v) is 5.30. The van der Waals surface area contributed by atoms with Gasteiger partial charge in [-0.1, -0.05) is 19.1 Å². The summed E-state index contributed by atoms with van der Waals surface area (Å²) in [7, 11) is 0. The molecule has 0 saturated carbocycles. The number of rotatable bonds is 3. The van der Waals surface area contributed by atoms with Crippen molar-refractivity contribution in [2.75, 3.05) is 13.2 Å². The number of phenolic OH excluding ortho intramolecular Hbond substituents is 1. The molecule has 0 bridgehead atoms. The summed E-state index contributed by atoms with van der Waals surface area (Å²) >= 11 is 0. The van der Waals surface area contributed by atoms with Gasteiger partial charge in [-0.3, -0.25) is 4.79 Å². The van der Waals surface area contributed by atoms with Crippen LogP contribution < -0.4 is 0 Å². The predicted molar refractivity (Wildman–Crippen MR) is 72.8 cm³/mol. The van der Waals surface area contributed by atoms with Gasteiger partial charge in [0.15, 0.2) is 0 Å². The number of aromatic hydroxyl groups is 1. The highest BCUT2D eigenvalue weighted by molar-refractivity contribution is 5.79. The number of nitrogens with zero attached hydrogens (tertiary/aromatic N) is 1. The van der Waals surface area contributed by atoms with Gasteiger partial charge in [-0.25, -0.2) is 0 Å². The zero-order valence-electron chi connectivity index (χ0n) is 11.2. The molecule has 104 valence electrons. The normalized spacial score (nSPS) is 23.4. The lowest BCUT2D eigenvalue weighted by atomic mass is 9.91. The first-order valence-electron chi connectivity index (χ1n) is 6.80. The molecule has 2 atom stereocenters. The molecule has 2 rings (SSSR count). The highest BCUT2D eigenvalue weighted by Gasteiger charge is 2.30. The molecule has 2 N–H and O–H groups in total. The fraction of sp³-hybridized carbons (Fsp3) is 0.533. The van der Waals surface area contributed by atoms with Crippen molar-refractivity contribution in [2.24, 2.45) is 5.92 Å². The Morgan fingerprint density at radius 3 is 2.95 bits per heavy atom. The number of carbonyl (C=O) groups is 1. The van der Waals surface area contributed by atoms with E-state index in [0.717, 1.165) is 18.4 Å². The van der Waals surface area contributed by atoms with E-state index in [-0.39, 0.29) is 30.7 Å². The number of hydrogen-bond donors (Lipinski definition) is 2. The van der Waals surface area contributed by atoms with Gasteiger partial charge in [-0.15, -0.1) is 0 Å². The third-order valence-electron chi connectivity index (χ3n) is 3.89. The molecule has 1 heterocycles. The fourth-order valence-corrected chi connectivity index (χ4v) is 2.78. The molecule has 0 unspecified atom stereocenters. The number of phenols is 1. The summed E-state index contributed by atoms with van der Waals surface area (Å²) in [5.74, 6) is 0.541. The molecule has 0 radical (unpaired) electrons. The van der Waals surface area contributed by atoms with E-state index in [1.165, 1.54) is 0 Å². The number of piperidine rings is 1. The van der Waals surface area contributed by atoms with Crippen LogP contribution in [-0.4, -0.2) is 40.2 Å². The van der Waals surface area contributed by atoms with Gasteiger partial charge in [-0.2, -0.15) is 0 Å². The number of aliphatic hydroxyl groups is 1. The number of hydrogen-bond acceptors (Lipinski definition) is 3. The maximum absolute atomic E-state index is 12.3. The van der Waals surface area contributed by atoms with E-state index >= 15 is 0 Å². The number of aliphatic hydroxyl groups excluding tert-OH is 1. The monoisotopic (exact) mass is 263 g/mol. The van der Waals surface area contributed by atoms with Crippen molar-refractivity contribution >= 4 is 5.91 Å². The summed E-state index contributed by atoms with van der Waals surface area (Å²) in [6, 6.07) is 6.70. The van der Waals surface area contributed by atoms with Crippen molar-refractivity contribution in [3.05, 3.63) is 29.8 Å². The van der Waals surface area contributed by atoms with Crippen molar-refractivity contribution in [1.82, 2.24) is 4.90 Å². The SMILES string of the molecule is C[C@H]1CCCN(C(=O)Cc2cccc(O)c2)[C@H]1CO. The Kier molecular flexibility index (Phi) is 4.43. The molecule has 1 saturated heterocycles. The first-order chi connectivity index (χ1) is 9.11. The third kappa shape index (κ3) is 3.26. The molecule has 19 heavy (non-hydrogen) atoms. The van der Waals surface area contributed by atoms with E-state index in [9.17, 15) is 15.0 Å². The average molecular weight is 263 g/mol. The van der Waals surface area contributed by atoms with Gasteiger partial charge in [-0.05, 0) is 36.5 Å². The van der Waals surface area contributed by atoms with Crippen LogP contribution in [0.4, 0.5) is 0 Å². The van der Waals surface area contributed by atoms with Gasteiger partial charge < -0.3 is 15.1 Å². The lowest BCUT2D eigenvalue weighted by Crippen LogP contribution is -2.50. The molecule has 1 amide bonds. The minimum Gasteiger partial charge on any atom is -0.508 e. The molecule has 4 heteroatoms. The standard InChI is InChI=1S/C15H21NO3/c1-11-4-3-7-16(14(11)10-17)15(19)9-12-5-2-6-13(18)8-12/h2,5-6,8,11,14,17-18H,3-4,7,9-10H2,1H3/t11-,14-/m0/s1. The van der Waals surface area contributed by atoms with Gasteiger partial charge in [0.2, 0.25) is 5.91 Å². The van der Waals surface area contributed by atoms with Crippen LogP contribution in [0, 0.1) is 5.92 Å². The molecule has 0 aromatic heterocycles. The first-order valence-corrected chi connectivity index (χ1v) is 6.80. The molecule has 1 aromatic rings. The minimum absolute atomic E-state index is 0.0208. The molecule has 0 spiro atoms. The Bertz CT molecular complexity index is 447. The summed E-state index contributed by atoms with van der Waals surface area (Å²) in [6.07, 6.45) is 2.32. The van der Waals surface area contributed by atoms with E-state index in [2.05, 4.69) is 6.92 Å². The summed E-state index contributed by atoms with van der Waals surface area (Å²) in [5, 5.41) is 18.9. The van der Waals surface area contributed by atoms with Gasteiger partial charge in [0, 0.05) is 6.54 Å². The zero-order chi connectivity index (χ0) is 13.8. The number of benzene rings is 1. The van der Waals surface area contributed by atoms with Crippen LogP contribution in [0.25, 0.3) is 0 Å². The van der Waals surface area contributed by atoms with Gasteiger partial charge >= 0.3 is 0 Å². The van der Waals surface area contributed by atoms with Crippen molar-refractivity contribution in [1.29, 1.82) is 0 Å². The number of likely N-dealkylation sites (tertiary alicyclic amines) is 1. The van der Waals surface area contributed by atoms with E-state index in [0.29, 0.717) is 12.5 Å². The van der Waals surface area contributed by atoms with Crippen molar-refractivity contribution in [3.63, 3.8) is 0 Å². The predicted octanol–water partition coefficient (Wildman–Crippen LogP) is 1.55. The first kappa shape index (κ1) is 13.9. The maximum Gasteiger partial charge on any atom is 0.227 e. The molecule has 4 nitrogen and oxygen atoms in total. The van der Waals surface area contributed by atoms with Crippen molar-refractivity contribution < 1.29 is 15.0 Å². The van der Waals surface area contributed by atoms with Crippen molar-refractivity contribution in [2.45, 2.75) is 32.2 Å². The highest BCUT2D eigenvalue weighted by atomic mass is 16.3. The van der Waals surface area contributed by atoms with Gasteiger partial charge in [0.25, 0.3) is 0 Å². The Hall–Kier alpha value is -1.55. The maximum atomic E-state index is 12.3. The number of amides is 1. The molecule has 1 fully saturated rings. The van der Waals surface area contributed by atoms with E-state index in [1.807, 2.05) is 6.07 Å². The van der Waals surface area contributed by atoms with Crippen LogP contribution >= 0.6 is 0 Å². The van der Waals surface area contributed by atoms with Crippen LogP contribution in [0.15, 0.2) is 24.3 Å². The fourth-order valence-electron chi connectivity index (χ4n) is 2.78. The summed E-state index contributed by atoms with van der Waals surface area (Å²) in [6.45, 7) is 2.81. The van der Waals surface area contributed by atoms with Crippen LogP contribution in [0.5, 0.6) is 5.75 Å². The van der Waals surface area contributed by atoms with Gasteiger partial charge in [0.1, 0.15) is 5.75 Å². The van der Waals surface area contributed by atoms with Crippen LogP contribution in [-0.2, 0) is 11.2 Å². The molecule has 0 aliphatic carbocycles. The van der Waals surface area contributed by atoms with Crippen LogP contribution in [0.3, 0.4) is 0 Å². The van der Waals surface area contributed by atoms with Crippen molar-refractivity contribution in [3.8, 4) is 5.75 Å². The van der Waals surface area contributed by atoms with E-state index in [1.54, 1.807) is 23.1 Å². The molecule has 1 aliphatic heterocycles. The molecular weight excluding hydrogens is 242 g/mol. The Morgan fingerprint density at radius 1 is 1.47 bits per heavy atom. The molecule has 1 aromatic carbocycles. The van der Waals surface area contributed by atoms with Gasteiger partial charge in [0.05, 0.1) is 19.1 Å². The second-order valence-electron chi connectivity index (χ2n) is 5.30. The molecule has 1 aliphatic rings.